The molecule has 2 aliphatic rings. The van der Waals surface area contributed by atoms with E-state index in [4.69, 9.17) is 10.2 Å². The number of furan rings is 1. The van der Waals surface area contributed by atoms with Crippen molar-refractivity contribution in [2.75, 3.05) is 6.54 Å². The topological polar surface area (TPSA) is 106 Å². The van der Waals surface area contributed by atoms with E-state index in [1.54, 1.807) is 0 Å². The summed E-state index contributed by atoms with van der Waals surface area (Å²) < 4.78 is 35.3. The normalized spacial score (nSPS) is 29.2. The van der Waals surface area contributed by atoms with Crippen LogP contribution in [-0.2, 0) is 15.0 Å². The van der Waals surface area contributed by atoms with Crippen molar-refractivity contribution in [2.24, 2.45) is 11.7 Å². The fourth-order valence-electron chi connectivity index (χ4n) is 3.65. The number of hydrogen-bond donors (Lipinski definition) is 2. The van der Waals surface area contributed by atoms with Crippen molar-refractivity contribution in [3.05, 3.63) is 23.7 Å². The Labute approximate surface area is 136 Å². The van der Waals surface area contributed by atoms with Crippen molar-refractivity contribution in [1.29, 1.82) is 0 Å². The van der Waals surface area contributed by atoms with Crippen LogP contribution >= 0.6 is 0 Å². The smallest absolute Gasteiger partial charge is 0.280 e. The first kappa shape index (κ1) is 16.5. The Balaban J connectivity index is 1.77. The van der Waals surface area contributed by atoms with Crippen LogP contribution in [0.3, 0.4) is 0 Å². The molecule has 1 aliphatic carbocycles. The van der Waals surface area contributed by atoms with Crippen LogP contribution < -0.4 is 10.5 Å². The highest BCUT2D eigenvalue weighted by molar-refractivity contribution is 7.87. The van der Waals surface area contributed by atoms with E-state index in [9.17, 15) is 13.2 Å². The first-order valence-corrected chi connectivity index (χ1v) is 9.47. The number of amides is 1. The number of rotatable bonds is 5. The summed E-state index contributed by atoms with van der Waals surface area (Å²) in [4.78, 5) is 11.5. The van der Waals surface area contributed by atoms with Crippen molar-refractivity contribution < 1.29 is 17.6 Å². The summed E-state index contributed by atoms with van der Waals surface area (Å²) in [6, 6.07) is 2.98. The number of carbonyl (C=O) groups is 1. The highest BCUT2D eigenvalue weighted by Crippen LogP contribution is 2.35. The summed E-state index contributed by atoms with van der Waals surface area (Å²) in [5.74, 6) is 0.580. The van der Waals surface area contributed by atoms with E-state index < -0.39 is 28.1 Å². The molecule has 1 amide bonds. The van der Waals surface area contributed by atoms with Crippen molar-refractivity contribution in [3.63, 3.8) is 0 Å². The highest BCUT2D eigenvalue weighted by Gasteiger charge is 2.41. The average molecular weight is 341 g/mol. The van der Waals surface area contributed by atoms with Crippen molar-refractivity contribution in [1.82, 2.24) is 9.03 Å². The Morgan fingerprint density at radius 2 is 2.09 bits per heavy atom. The lowest BCUT2D eigenvalue weighted by atomic mass is 10.0. The molecule has 3 rings (SSSR count). The molecule has 0 aromatic carbocycles. The Kier molecular flexibility index (Phi) is 4.48. The zero-order valence-corrected chi connectivity index (χ0v) is 14.0. The maximum Gasteiger partial charge on any atom is 0.280 e. The van der Waals surface area contributed by atoms with Gasteiger partial charge in [0.2, 0.25) is 5.91 Å². The van der Waals surface area contributed by atoms with Gasteiger partial charge >= 0.3 is 0 Å². The molecule has 1 saturated carbocycles. The maximum absolute atomic E-state index is 12.8. The molecule has 7 nitrogen and oxygen atoms in total. The van der Waals surface area contributed by atoms with Gasteiger partial charge in [-0.1, -0.05) is 6.42 Å². The van der Waals surface area contributed by atoms with Gasteiger partial charge in [-0.05, 0) is 44.7 Å². The second-order valence-electron chi connectivity index (χ2n) is 6.39. The summed E-state index contributed by atoms with van der Waals surface area (Å²) >= 11 is 0. The molecule has 2 fully saturated rings. The van der Waals surface area contributed by atoms with Crippen LogP contribution in [-0.4, -0.2) is 31.2 Å². The number of aryl methyl sites for hydroxylation is 1. The Morgan fingerprint density at radius 3 is 2.74 bits per heavy atom. The van der Waals surface area contributed by atoms with Gasteiger partial charge in [0.25, 0.3) is 10.2 Å². The summed E-state index contributed by atoms with van der Waals surface area (Å²) in [6.45, 7) is 2.29. The van der Waals surface area contributed by atoms with Gasteiger partial charge in [0.05, 0.1) is 12.0 Å². The van der Waals surface area contributed by atoms with Crippen LogP contribution in [0.4, 0.5) is 0 Å². The number of carbonyl (C=O) groups excluding carboxylic acids is 1. The molecule has 1 aromatic heterocycles. The molecule has 1 aromatic rings. The largest absolute Gasteiger partial charge is 0.465 e. The zero-order chi connectivity index (χ0) is 16.6. The third-order valence-corrected chi connectivity index (χ3v) is 6.44. The molecule has 2 heterocycles. The third-order valence-electron chi connectivity index (χ3n) is 4.78. The SMILES string of the molecule is Cc1ccc([C@@H]2CCCN2S(=O)(=O)N[C@H]2CCC[C@@H]2C(N)=O)o1. The summed E-state index contributed by atoms with van der Waals surface area (Å²) in [5.41, 5.74) is 5.38. The third kappa shape index (κ3) is 3.29. The van der Waals surface area contributed by atoms with Crippen LogP contribution in [0, 0.1) is 12.8 Å². The molecule has 0 unspecified atom stereocenters. The van der Waals surface area contributed by atoms with Gasteiger partial charge in [-0.2, -0.15) is 17.4 Å². The van der Waals surface area contributed by atoms with Crippen molar-refractivity contribution in [2.45, 2.75) is 51.1 Å². The zero-order valence-electron chi connectivity index (χ0n) is 13.2. The Hall–Kier alpha value is -1.38. The summed E-state index contributed by atoms with van der Waals surface area (Å²) in [7, 11) is -3.68. The number of nitrogens with zero attached hydrogens (tertiary/aromatic N) is 1. The molecule has 0 spiro atoms. The second-order valence-corrected chi connectivity index (χ2v) is 8.04. The fraction of sp³-hybridized carbons (Fsp3) is 0.667. The number of nitrogens with two attached hydrogens (primary N) is 1. The van der Waals surface area contributed by atoms with Gasteiger partial charge in [0.15, 0.2) is 0 Å². The van der Waals surface area contributed by atoms with Crippen LogP contribution in [0.1, 0.15) is 49.7 Å². The van der Waals surface area contributed by atoms with Crippen LogP contribution in [0.2, 0.25) is 0 Å². The molecule has 1 saturated heterocycles. The lowest BCUT2D eigenvalue weighted by Gasteiger charge is -2.26. The van der Waals surface area contributed by atoms with E-state index in [0.29, 0.717) is 25.1 Å². The minimum Gasteiger partial charge on any atom is -0.465 e. The first-order valence-electron chi connectivity index (χ1n) is 8.03. The van der Waals surface area contributed by atoms with E-state index >= 15 is 0 Å². The predicted octanol–water partition coefficient (Wildman–Crippen LogP) is 1.21. The maximum atomic E-state index is 12.8. The Bertz CT molecular complexity index is 685. The monoisotopic (exact) mass is 341 g/mol. The molecule has 23 heavy (non-hydrogen) atoms. The number of nitrogens with one attached hydrogen (secondary N) is 1. The Morgan fingerprint density at radius 1 is 1.30 bits per heavy atom. The van der Waals surface area contributed by atoms with Gasteiger partial charge < -0.3 is 10.2 Å². The average Bonchev–Trinajstić information content (AvgIpc) is 3.16. The van der Waals surface area contributed by atoms with Crippen LogP contribution in [0.15, 0.2) is 16.5 Å². The number of primary amides is 1. The van der Waals surface area contributed by atoms with E-state index in [1.165, 1.54) is 4.31 Å². The molecule has 3 N–H and O–H groups in total. The molecule has 0 bridgehead atoms. The lowest BCUT2D eigenvalue weighted by Crippen LogP contribution is -2.48. The predicted molar refractivity (Wildman–Crippen MR) is 84.5 cm³/mol. The molecule has 8 heteroatoms. The fourth-order valence-corrected chi connectivity index (χ4v) is 5.36. The molecular weight excluding hydrogens is 318 g/mol. The second kappa shape index (κ2) is 6.26. The van der Waals surface area contributed by atoms with Crippen molar-refractivity contribution >= 4 is 16.1 Å². The highest BCUT2D eigenvalue weighted by atomic mass is 32.2. The van der Waals surface area contributed by atoms with Gasteiger partial charge in [-0.3, -0.25) is 4.79 Å². The van der Waals surface area contributed by atoms with Crippen molar-refractivity contribution in [3.8, 4) is 0 Å². The molecule has 1 aliphatic heterocycles. The van der Waals surface area contributed by atoms with Gasteiger partial charge in [0, 0.05) is 12.6 Å². The summed E-state index contributed by atoms with van der Waals surface area (Å²) in [5, 5.41) is 0. The lowest BCUT2D eigenvalue weighted by molar-refractivity contribution is -0.122. The van der Waals surface area contributed by atoms with Gasteiger partial charge in [-0.25, -0.2) is 0 Å². The van der Waals surface area contributed by atoms with Crippen LogP contribution in [0.25, 0.3) is 0 Å². The van der Waals surface area contributed by atoms with E-state index in [1.807, 2.05) is 19.1 Å². The van der Waals surface area contributed by atoms with E-state index in [2.05, 4.69) is 4.72 Å². The minimum absolute atomic E-state index is 0.283. The van der Waals surface area contributed by atoms with Crippen LogP contribution in [0.5, 0.6) is 0 Å². The standard InChI is InChI=1S/C15H23N3O4S/c1-10-7-8-14(22-10)13-6-3-9-18(13)23(20,21)17-12-5-2-4-11(12)15(16)19/h7-8,11-13,17H,2-6,9H2,1H3,(H2,16,19)/t11-,12-,13-/m0/s1. The molecule has 128 valence electrons. The minimum atomic E-state index is -3.68. The van der Waals surface area contributed by atoms with Gasteiger partial charge in [-0.15, -0.1) is 0 Å². The quantitative estimate of drug-likeness (QED) is 0.839. The first-order chi connectivity index (χ1) is 10.9. The van der Waals surface area contributed by atoms with E-state index in [0.717, 1.165) is 25.0 Å². The summed E-state index contributed by atoms with van der Waals surface area (Å²) in [6.07, 6.45) is 3.61. The van der Waals surface area contributed by atoms with E-state index in [-0.39, 0.29) is 6.04 Å². The molecule has 3 atom stereocenters. The van der Waals surface area contributed by atoms with Gasteiger partial charge in [0.1, 0.15) is 11.5 Å². The molecule has 0 radical (unpaired) electrons. The number of hydrogen-bond acceptors (Lipinski definition) is 4. The molecular formula is C15H23N3O4S.